The SMILES string of the molecule is O=C(c1cc(-c2ccc(F)cc2)c[nH]1)N1CCCC(Oc2cnccn2)C1. The fourth-order valence-electron chi connectivity index (χ4n) is 3.23. The molecule has 1 unspecified atom stereocenters. The van der Waals surface area contributed by atoms with Gasteiger partial charge in [-0.25, -0.2) is 9.37 Å². The lowest BCUT2D eigenvalue weighted by molar-refractivity contribution is 0.0522. The van der Waals surface area contributed by atoms with Crippen molar-refractivity contribution in [2.24, 2.45) is 0 Å². The molecule has 138 valence electrons. The first-order valence-corrected chi connectivity index (χ1v) is 8.85. The first-order chi connectivity index (χ1) is 13.2. The van der Waals surface area contributed by atoms with Crippen molar-refractivity contribution in [3.05, 3.63) is 66.6 Å². The van der Waals surface area contributed by atoms with Crippen LogP contribution in [0.5, 0.6) is 5.88 Å². The number of nitrogens with zero attached hydrogens (tertiary/aromatic N) is 3. The third-order valence-electron chi connectivity index (χ3n) is 4.58. The molecule has 27 heavy (non-hydrogen) atoms. The van der Waals surface area contributed by atoms with E-state index >= 15 is 0 Å². The standard InChI is InChI=1S/C20H19FN4O2/c21-16-5-3-14(4-6-16)15-10-18(24-11-15)20(26)25-9-1-2-17(13-25)27-19-12-22-7-8-23-19/h3-8,10-12,17,24H,1-2,9,13H2. The van der Waals surface area contributed by atoms with E-state index in [4.69, 9.17) is 4.74 Å². The predicted molar refractivity (Wildman–Crippen MR) is 97.8 cm³/mol. The Kier molecular flexibility index (Phi) is 4.82. The van der Waals surface area contributed by atoms with Crippen molar-refractivity contribution in [2.75, 3.05) is 13.1 Å². The summed E-state index contributed by atoms with van der Waals surface area (Å²) in [7, 11) is 0. The van der Waals surface area contributed by atoms with Crippen molar-refractivity contribution >= 4 is 5.91 Å². The number of hydrogen-bond acceptors (Lipinski definition) is 4. The summed E-state index contributed by atoms with van der Waals surface area (Å²) in [5.41, 5.74) is 2.21. The predicted octanol–water partition coefficient (Wildman–Crippen LogP) is 3.29. The lowest BCUT2D eigenvalue weighted by Crippen LogP contribution is -2.44. The van der Waals surface area contributed by atoms with Crippen LogP contribution >= 0.6 is 0 Å². The zero-order valence-corrected chi connectivity index (χ0v) is 14.6. The summed E-state index contributed by atoms with van der Waals surface area (Å²) in [4.78, 5) is 25.8. The fourth-order valence-corrected chi connectivity index (χ4v) is 3.23. The molecule has 0 radical (unpaired) electrons. The van der Waals surface area contributed by atoms with Crippen molar-refractivity contribution in [3.8, 4) is 17.0 Å². The highest BCUT2D eigenvalue weighted by Crippen LogP contribution is 2.23. The van der Waals surface area contributed by atoms with Crippen LogP contribution in [0.1, 0.15) is 23.3 Å². The number of nitrogens with one attached hydrogen (secondary N) is 1. The maximum atomic E-state index is 13.1. The number of rotatable bonds is 4. The van der Waals surface area contributed by atoms with E-state index in [0.717, 1.165) is 24.0 Å². The van der Waals surface area contributed by atoms with Gasteiger partial charge in [-0.05, 0) is 42.2 Å². The van der Waals surface area contributed by atoms with Crippen LogP contribution < -0.4 is 4.74 Å². The second-order valence-corrected chi connectivity index (χ2v) is 6.49. The maximum absolute atomic E-state index is 13.1. The van der Waals surface area contributed by atoms with Crippen molar-refractivity contribution in [1.82, 2.24) is 19.9 Å². The molecule has 1 amide bonds. The minimum Gasteiger partial charge on any atom is -0.471 e. The number of aromatic nitrogens is 3. The number of ether oxygens (including phenoxy) is 1. The quantitative estimate of drug-likeness (QED) is 0.769. The number of hydrogen-bond donors (Lipinski definition) is 1. The zero-order chi connectivity index (χ0) is 18.6. The van der Waals surface area contributed by atoms with Crippen LogP contribution in [-0.2, 0) is 0 Å². The lowest BCUT2D eigenvalue weighted by Gasteiger charge is -2.32. The minimum atomic E-state index is -0.284. The van der Waals surface area contributed by atoms with E-state index in [1.807, 2.05) is 0 Å². The Morgan fingerprint density at radius 3 is 2.85 bits per heavy atom. The average Bonchev–Trinajstić information content (AvgIpc) is 3.19. The van der Waals surface area contributed by atoms with E-state index in [1.54, 1.807) is 47.9 Å². The summed E-state index contributed by atoms with van der Waals surface area (Å²) < 4.78 is 18.9. The third kappa shape index (κ3) is 3.97. The zero-order valence-electron chi connectivity index (χ0n) is 14.6. The molecule has 3 heterocycles. The Morgan fingerprint density at radius 2 is 2.07 bits per heavy atom. The smallest absolute Gasteiger partial charge is 0.270 e. The summed E-state index contributed by atoms with van der Waals surface area (Å²) in [6.45, 7) is 1.18. The number of benzene rings is 1. The van der Waals surface area contributed by atoms with E-state index in [2.05, 4.69) is 15.0 Å². The molecule has 2 aromatic heterocycles. The molecule has 0 saturated carbocycles. The summed E-state index contributed by atoms with van der Waals surface area (Å²) in [6, 6.07) is 7.99. The minimum absolute atomic E-state index is 0.0733. The molecule has 6 nitrogen and oxygen atoms in total. The Hall–Kier alpha value is -3.22. The summed E-state index contributed by atoms with van der Waals surface area (Å²) >= 11 is 0. The van der Waals surface area contributed by atoms with Crippen LogP contribution in [0.4, 0.5) is 4.39 Å². The van der Waals surface area contributed by atoms with Gasteiger partial charge in [0.1, 0.15) is 17.6 Å². The monoisotopic (exact) mass is 366 g/mol. The molecule has 1 N–H and O–H groups in total. The first-order valence-electron chi connectivity index (χ1n) is 8.85. The second kappa shape index (κ2) is 7.57. The number of H-pyrrole nitrogens is 1. The highest BCUT2D eigenvalue weighted by Gasteiger charge is 2.26. The fraction of sp³-hybridized carbons (Fsp3) is 0.250. The Labute approximate surface area is 156 Å². The van der Waals surface area contributed by atoms with Gasteiger partial charge in [-0.2, -0.15) is 0 Å². The number of halogens is 1. The van der Waals surface area contributed by atoms with Gasteiger partial charge in [-0.15, -0.1) is 0 Å². The van der Waals surface area contributed by atoms with Crippen LogP contribution in [0.2, 0.25) is 0 Å². The van der Waals surface area contributed by atoms with Crippen molar-refractivity contribution in [2.45, 2.75) is 18.9 Å². The number of aromatic amines is 1. The van der Waals surface area contributed by atoms with Crippen LogP contribution in [0, 0.1) is 5.82 Å². The molecule has 1 aliphatic rings. The van der Waals surface area contributed by atoms with E-state index in [0.29, 0.717) is 24.7 Å². The van der Waals surface area contributed by atoms with Gasteiger partial charge >= 0.3 is 0 Å². The molecule has 1 atom stereocenters. The Balaban J connectivity index is 1.44. The largest absolute Gasteiger partial charge is 0.471 e. The third-order valence-corrected chi connectivity index (χ3v) is 4.58. The molecule has 3 aromatic rings. The second-order valence-electron chi connectivity index (χ2n) is 6.49. The van der Waals surface area contributed by atoms with Gasteiger partial charge in [-0.3, -0.25) is 9.78 Å². The molecule has 0 spiro atoms. The highest BCUT2D eigenvalue weighted by atomic mass is 19.1. The molecule has 4 rings (SSSR count). The van der Waals surface area contributed by atoms with Crippen LogP contribution in [0.15, 0.2) is 55.1 Å². The van der Waals surface area contributed by atoms with E-state index < -0.39 is 0 Å². The molecular formula is C20H19FN4O2. The van der Waals surface area contributed by atoms with Gasteiger partial charge in [0, 0.05) is 25.1 Å². The van der Waals surface area contributed by atoms with Gasteiger partial charge in [0.05, 0.1) is 12.7 Å². The summed E-state index contributed by atoms with van der Waals surface area (Å²) in [6.07, 6.45) is 8.13. The van der Waals surface area contributed by atoms with E-state index in [9.17, 15) is 9.18 Å². The Morgan fingerprint density at radius 1 is 1.22 bits per heavy atom. The van der Waals surface area contributed by atoms with Crippen molar-refractivity contribution in [1.29, 1.82) is 0 Å². The molecule has 1 aromatic carbocycles. The summed E-state index contributed by atoms with van der Waals surface area (Å²) in [5.74, 6) is 0.110. The van der Waals surface area contributed by atoms with Gasteiger partial charge in [0.15, 0.2) is 0 Å². The maximum Gasteiger partial charge on any atom is 0.270 e. The normalized spacial score (nSPS) is 16.9. The van der Waals surface area contributed by atoms with E-state index in [-0.39, 0.29) is 17.8 Å². The van der Waals surface area contributed by atoms with Gasteiger partial charge in [-0.1, -0.05) is 12.1 Å². The van der Waals surface area contributed by atoms with Gasteiger partial charge in [0.25, 0.3) is 5.91 Å². The molecule has 0 aliphatic carbocycles. The molecular weight excluding hydrogens is 347 g/mol. The van der Waals surface area contributed by atoms with Crippen molar-refractivity contribution in [3.63, 3.8) is 0 Å². The molecule has 1 aliphatic heterocycles. The molecule has 7 heteroatoms. The molecule has 1 saturated heterocycles. The van der Waals surface area contributed by atoms with Crippen LogP contribution in [0.25, 0.3) is 11.1 Å². The van der Waals surface area contributed by atoms with Crippen LogP contribution in [-0.4, -0.2) is 45.0 Å². The highest BCUT2D eigenvalue weighted by molar-refractivity contribution is 5.94. The average molecular weight is 366 g/mol. The molecule has 0 bridgehead atoms. The van der Waals surface area contributed by atoms with Crippen LogP contribution in [0.3, 0.4) is 0 Å². The number of carbonyl (C=O) groups excluding carboxylic acids is 1. The van der Waals surface area contributed by atoms with E-state index in [1.165, 1.54) is 12.1 Å². The number of piperidine rings is 1. The molecule has 1 fully saturated rings. The number of amides is 1. The lowest BCUT2D eigenvalue weighted by atomic mass is 10.1. The van der Waals surface area contributed by atoms with Crippen molar-refractivity contribution < 1.29 is 13.9 Å². The van der Waals surface area contributed by atoms with Gasteiger partial charge in [0.2, 0.25) is 5.88 Å². The number of carbonyl (C=O) groups is 1. The summed E-state index contributed by atoms with van der Waals surface area (Å²) in [5, 5.41) is 0. The topological polar surface area (TPSA) is 71.1 Å². The van der Waals surface area contributed by atoms with Gasteiger partial charge < -0.3 is 14.6 Å². The Bertz CT molecular complexity index is 911. The first kappa shape index (κ1) is 17.2. The number of likely N-dealkylation sites (tertiary alicyclic amines) is 1.